The summed E-state index contributed by atoms with van der Waals surface area (Å²) >= 11 is 0. The van der Waals surface area contributed by atoms with E-state index in [0.29, 0.717) is 18.1 Å². The zero-order valence-corrected chi connectivity index (χ0v) is 17.5. The second-order valence-corrected chi connectivity index (χ2v) is 6.70. The number of esters is 1. The highest BCUT2D eigenvalue weighted by Crippen LogP contribution is 2.28. The SMILES string of the molecule is CCOc1cc(C(=O)OCC(=O)NC(c2ccccc2)c2ccccc2)ccc1OC. The van der Waals surface area contributed by atoms with Crippen molar-refractivity contribution in [1.29, 1.82) is 0 Å². The van der Waals surface area contributed by atoms with Gasteiger partial charge < -0.3 is 19.5 Å². The second-order valence-electron chi connectivity index (χ2n) is 6.70. The molecule has 0 bridgehead atoms. The van der Waals surface area contributed by atoms with Crippen molar-refractivity contribution in [2.45, 2.75) is 13.0 Å². The highest BCUT2D eigenvalue weighted by atomic mass is 16.5. The lowest BCUT2D eigenvalue weighted by atomic mass is 9.99. The minimum Gasteiger partial charge on any atom is -0.493 e. The third kappa shape index (κ3) is 5.85. The molecule has 0 atom stereocenters. The molecule has 6 heteroatoms. The molecule has 31 heavy (non-hydrogen) atoms. The van der Waals surface area contributed by atoms with E-state index in [2.05, 4.69) is 5.32 Å². The molecule has 1 N–H and O–H groups in total. The van der Waals surface area contributed by atoms with Crippen LogP contribution in [0, 0.1) is 0 Å². The Morgan fingerprint density at radius 1 is 0.871 bits per heavy atom. The fourth-order valence-electron chi connectivity index (χ4n) is 3.14. The molecule has 0 fully saturated rings. The van der Waals surface area contributed by atoms with Gasteiger partial charge in [-0.05, 0) is 36.2 Å². The summed E-state index contributed by atoms with van der Waals surface area (Å²) < 4.78 is 15.9. The lowest BCUT2D eigenvalue weighted by Gasteiger charge is -2.20. The number of hydrogen-bond donors (Lipinski definition) is 1. The molecule has 0 heterocycles. The first-order valence-electron chi connectivity index (χ1n) is 9.99. The molecular formula is C25H25NO5. The van der Waals surface area contributed by atoms with Crippen LogP contribution in [0.5, 0.6) is 11.5 Å². The Labute approximate surface area is 181 Å². The lowest BCUT2D eigenvalue weighted by Crippen LogP contribution is -2.33. The van der Waals surface area contributed by atoms with Crippen LogP contribution in [-0.4, -0.2) is 32.2 Å². The summed E-state index contributed by atoms with van der Waals surface area (Å²) in [6, 6.07) is 23.6. The Morgan fingerprint density at radius 3 is 2.03 bits per heavy atom. The van der Waals surface area contributed by atoms with Gasteiger partial charge in [0.25, 0.3) is 5.91 Å². The molecule has 0 aliphatic rings. The molecule has 0 aliphatic heterocycles. The summed E-state index contributed by atoms with van der Waals surface area (Å²) in [5.41, 5.74) is 2.15. The Kier molecular flexibility index (Phi) is 7.65. The van der Waals surface area contributed by atoms with Crippen LogP contribution >= 0.6 is 0 Å². The molecule has 0 radical (unpaired) electrons. The van der Waals surface area contributed by atoms with Gasteiger partial charge in [-0.1, -0.05) is 60.7 Å². The maximum atomic E-state index is 12.6. The van der Waals surface area contributed by atoms with Gasteiger partial charge in [0.1, 0.15) is 0 Å². The van der Waals surface area contributed by atoms with Crippen LogP contribution in [0.15, 0.2) is 78.9 Å². The van der Waals surface area contributed by atoms with Gasteiger partial charge in [-0.2, -0.15) is 0 Å². The molecule has 1 amide bonds. The normalized spacial score (nSPS) is 10.4. The Balaban J connectivity index is 1.67. The molecule has 3 rings (SSSR count). The molecule has 6 nitrogen and oxygen atoms in total. The molecule has 0 saturated heterocycles. The van der Waals surface area contributed by atoms with Gasteiger partial charge in [0.15, 0.2) is 18.1 Å². The van der Waals surface area contributed by atoms with Crippen molar-refractivity contribution >= 4 is 11.9 Å². The zero-order valence-electron chi connectivity index (χ0n) is 17.5. The van der Waals surface area contributed by atoms with E-state index >= 15 is 0 Å². The minimum absolute atomic E-state index is 0.278. The van der Waals surface area contributed by atoms with Crippen LogP contribution in [0.25, 0.3) is 0 Å². The van der Waals surface area contributed by atoms with Crippen molar-refractivity contribution < 1.29 is 23.8 Å². The molecule has 3 aromatic rings. The maximum Gasteiger partial charge on any atom is 0.338 e. The average molecular weight is 419 g/mol. The third-order valence-corrected chi connectivity index (χ3v) is 4.60. The van der Waals surface area contributed by atoms with E-state index < -0.39 is 18.5 Å². The smallest absolute Gasteiger partial charge is 0.338 e. The summed E-state index contributed by atoms with van der Waals surface area (Å²) in [4.78, 5) is 25.0. The number of amides is 1. The monoisotopic (exact) mass is 419 g/mol. The van der Waals surface area contributed by atoms with Gasteiger partial charge in [0.05, 0.1) is 25.3 Å². The zero-order chi connectivity index (χ0) is 22.1. The number of methoxy groups -OCH3 is 1. The standard InChI is InChI=1S/C25H25NO5/c1-3-30-22-16-20(14-15-21(22)29-2)25(28)31-17-23(27)26-24(18-10-6-4-7-11-18)19-12-8-5-9-13-19/h4-16,24H,3,17H2,1-2H3,(H,26,27). The van der Waals surface area contributed by atoms with Crippen molar-refractivity contribution in [2.75, 3.05) is 20.3 Å². The highest BCUT2D eigenvalue weighted by molar-refractivity contribution is 5.92. The number of carbonyl (C=O) groups excluding carboxylic acids is 2. The molecule has 0 aliphatic carbocycles. The number of rotatable bonds is 9. The lowest BCUT2D eigenvalue weighted by molar-refractivity contribution is -0.124. The Hall–Kier alpha value is -3.80. The van der Waals surface area contributed by atoms with Gasteiger partial charge in [-0.15, -0.1) is 0 Å². The summed E-state index contributed by atoms with van der Waals surface area (Å²) in [6.07, 6.45) is 0. The van der Waals surface area contributed by atoms with E-state index in [0.717, 1.165) is 11.1 Å². The van der Waals surface area contributed by atoms with E-state index in [9.17, 15) is 9.59 Å². The number of nitrogens with one attached hydrogen (secondary N) is 1. The largest absolute Gasteiger partial charge is 0.493 e. The first kappa shape index (κ1) is 21.9. The minimum atomic E-state index is -0.616. The fourth-order valence-corrected chi connectivity index (χ4v) is 3.14. The van der Waals surface area contributed by atoms with Crippen LogP contribution in [0.4, 0.5) is 0 Å². The topological polar surface area (TPSA) is 73.9 Å². The fraction of sp³-hybridized carbons (Fsp3) is 0.200. The van der Waals surface area contributed by atoms with Gasteiger partial charge >= 0.3 is 5.97 Å². The average Bonchev–Trinajstić information content (AvgIpc) is 2.82. The number of ether oxygens (including phenoxy) is 3. The van der Waals surface area contributed by atoms with Crippen LogP contribution in [-0.2, 0) is 9.53 Å². The first-order chi connectivity index (χ1) is 15.1. The van der Waals surface area contributed by atoms with E-state index in [1.807, 2.05) is 67.6 Å². The Bertz CT molecular complexity index is 965. The Morgan fingerprint density at radius 2 is 1.48 bits per heavy atom. The van der Waals surface area contributed by atoms with E-state index in [-0.39, 0.29) is 11.6 Å². The molecule has 3 aromatic carbocycles. The van der Waals surface area contributed by atoms with Crippen molar-refractivity contribution in [2.24, 2.45) is 0 Å². The maximum absolute atomic E-state index is 12.6. The molecule has 0 aromatic heterocycles. The molecule has 0 unspecified atom stereocenters. The summed E-state index contributed by atoms with van der Waals surface area (Å²) in [5.74, 6) is -0.0545. The van der Waals surface area contributed by atoms with Crippen molar-refractivity contribution in [3.63, 3.8) is 0 Å². The van der Waals surface area contributed by atoms with Crippen LogP contribution in [0.3, 0.4) is 0 Å². The summed E-state index contributed by atoms with van der Waals surface area (Å²) in [7, 11) is 1.52. The third-order valence-electron chi connectivity index (χ3n) is 4.60. The molecule has 160 valence electrons. The van der Waals surface area contributed by atoms with Crippen LogP contribution in [0.2, 0.25) is 0 Å². The number of benzene rings is 3. The van der Waals surface area contributed by atoms with Gasteiger partial charge in [-0.25, -0.2) is 4.79 Å². The van der Waals surface area contributed by atoms with E-state index in [1.54, 1.807) is 18.2 Å². The highest BCUT2D eigenvalue weighted by Gasteiger charge is 2.18. The van der Waals surface area contributed by atoms with E-state index in [4.69, 9.17) is 14.2 Å². The predicted molar refractivity (Wildman–Crippen MR) is 117 cm³/mol. The van der Waals surface area contributed by atoms with Crippen molar-refractivity contribution in [3.8, 4) is 11.5 Å². The second kappa shape index (κ2) is 10.8. The molecule has 0 spiro atoms. The molecule has 0 saturated carbocycles. The predicted octanol–water partition coefficient (Wildman–Crippen LogP) is 4.16. The molecular weight excluding hydrogens is 394 g/mol. The van der Waals surface area contributed by atoms with Crippen LogP contribution in [0.1, 0.15) is 34.5 Å². The quantitative estimate of drug-likeness (QED) is 0.527. The number of carbonyl (C=O) groups is 2. The van der Waals surface area contributed by atoms with Gasteiger partial charge in [0.2, 0.25) is 0 Å². The van der Waals surface area contributed by atoms with E-state index in [1.165, 1.54) is 7.11 Å². The first-order valence-corrected chi connectivity index (χ1v) is 9.99. The van der Waals surface area contributed by atoms with Crippen molar-refractivity contribution in [1.82, 2.24) is 5.32 Å². The van der Waals surface area contributed by atoms with Gasteiger partial charge in [-0.3, -0.25) is 4.79 Å². The number of hydrogen-bond acceptors (Lipinski definition) is 5. The van der Waals surface area contributed by atoms with Crippen molar-refractivity contribution in [3.05, 3.63) is 95.6 Å². The summed E-state index contributed by atoms with van der Waals surface area (Å²) in [5, 5.41) is 2.95. The summed E-state index contributed by atoms with van der Waals surface area (Å²) in [6.45, 7) is 1.87. The van der Waals surface area contributed by atoms with Gasteiger partial charge in [0, 0.05) is 0 Å². The van der Waals surface area contributed by atoms with Crippen LogP contribution < -0.4 is 14.8 Å².